The van der Waals surface area contributed by atoms with Crippen LogP contribution in [0.1, 0.15) is 0 Å². The maximum atomic E-state index is 12.4. The van der Waals surface area contributed by atoms with E-state index in [1.54, 1.807) is 4.57 Å². The normalized spacial score (nSPS) is 12.0. The third-order valence-electron chi connectivity index (χ3n) is 3.79. The fraction of sp³-hybridized carbons (Fsp3) is 0.125. The maximum Gasteiger partial charge on any atom is 0.260 e. The van der Waals surface area contributed by atoms with Gasteiger partial charge in [-0.2, -0.15) is 5.10 Å². The van der Waals surface area contributed by atoms with E-state index in [4.69, 9.17) is 12.2 Å². The standard InChI is InChI=1S/C16H14N6OS3/c1-21-10-5-2-3-6-11(10)26-16(21)20-17-13(23)9-22-14(18-19-15(22)24)12-7-4-8-25-12/h2-8H,9H2,1H3,(H,17,23)(H,19,24)/b20-16-. The Morgan fingerprint density at radius 3 is 2.96 bits per heavy atom. The molecule has 10 heteroatoms. The molecule has 26 heavy (non-hydrogen) atoms. The summed E-state index contributed by atoms with van der Waals surface area (Å²) < 4.78 is 5.12. The highest BCUT2D eigenvalue weighted by molar-refractivity contribution is 7.71. The van der Waals surface area contributed by atoms with Crippen LogP contribution in [0.15, 0.2) is 46.9 Å². The number of thiophene rings is 1. The van der Waals surface area contributed by atoms with Crippen LogP contribution in [-0.4, -0.2) is 25.2 Å². The minimum absolute atomic E-state index is 0.0423. The minimum atomic E-state index is -0.266. The van der Waals surface area contributed by atoms with Gasteiger partial charge in [0.15, 0.2) is 10.6 Å². The van der Waals surface area contributed by atoms with Gasteiger partial charge < -0.3 is 4.57 Å². The summed E-state index contributed by atoms with van der Waals surface area (Å²) in [6.07, 6.45) is 0. The number of carbonyl (C=O) groups excluding carboxylic acids is 1. The molecule has 0 fully saturated rings. The largest absolute Gasteiger partial charge is 0.318 e. The fourth-order valence-electron chi connectivity index (χ4n) is 2.54. The second-order valence-corrected chi connectivity index (χ2v) is 7.82. The van der Waals surface area contributed by atoms with E-state index < -0.39 is 0 Å². The molecule has 3 heterocycles. The van der Waals surface area contributed by atoms with Crippen LogP contribution < -0.4 is 10.2 Å². The number of nitrogens with zero attached hydrogens (tertiary/aromatic N) is 4. The molecule has 0 saturated heterocycles. The molecule has 0 saturated carbocycles. The van der Waals surface area contributed by atoms with Crippen LogP contribution in [0, 0.1) is 4.77 Å². The van der Waals surface area contributed by atoms with E-state index in [0.29, 0.717) is 15.4 Å². The van der Waals surface area contributed by atoms with Crippen LogP contribution in [0.25, 0.3) is 20.9 Å². The summed E-state index contributed by atoms with van der Waals surface area (Å²) in [5.74, 6) is 0.380. The zero-order valence-corrected chi connectivity index (χ0v) is 16.1. The molecular weight excluding hydrogens is 388 g/mol. The van der Waals surface area contributed by atoms with Gasteiger partial charge in [0.2, 0.25) is 4.80 Å². The highest BCUT2D eigenvalue weighted by Crippen LogP contribution is 2.22. The average molecular weight is 403 g/mol. The quantitative estimate of drug-likeness (QED) is 0.407. The Morgan fingerprint density at radius 1 is 1.35 bits per heavy atom. The highest BCUT2D eigenvalue weighted by Gasteiger charge is 2.13. The predicted molar refractivity (Wildman–Crippen MR) is 105 cm³/mol. The molecule has 0 radical (unpaired) electrons. The first-order valence-electron chi connectivity index (χ1n) is 7.69. The number of para-hydroxylation sites is 1. The van der Waals surface area contributed by atoms with E-state index in [1.807, 2.05) is 53.4 Å². The van der Waals surface area contributed by atoms with Crippen LogP contribution in [0.3, 0.4) is 0 Å². The monoisotopic (exact) mass is 402 g/mol. The lowest BCUT2D eigenvalue weighted by atomic mass is 10.3. The van der Waals surface area contributed by atoms with E-state index in [0.717, 1.165) is 15.1 Å². The van der Waals surface area contributed by atoms with Gasteiger partial charge in [0.05, 0.1) is 15.1 Å². The molecule has 4 rings (SSSR count). The number of hydrogen-bond donors (Lipinski definition) is 2. The molecule has 7 nitrogen and oxygen atoms in total. The third-order valence-corrected chi connectivity index (χ3v) is 6.08. The number of rotatable bonds is 4. The number of benzene rings is 1. The first-order valence-corrected chi connectivity index (χ1v) is 9.80. The number of aromatic nitrogens is 4. The van der Waals surface area contributed by atoms with Gasteiger partial charge in [-0.1, -0.05) is 29.5 Å². The number of thiazole rings is 1. The van der Waals surface area contributed by atoms with Gasteiger partial charge >= 0.3 is 0 Å². The Bertz CT molecular complexity index is 1190. The van der Waals surface area contributed by atoms with E-state index in [9.17, 15) is 4.79 Å². The lowest BCUT2D eigenvalue weighted by Gasteiger charge is -2.04. The van der Waals surface area contributed by atoms with E-state index in [-0.39, 0.29) is 12.5 Å². The number of aryl methyl sites for hydroxylation is 1. The van der Waals surface area contributed by atoms with Gasteiger partial charge in [-0.25, -0.2) is 5.43 Å². The maximum absolute atomic E-state index is 12.4. The first kappa shape index (κ1) is 16.9. The van der Waals surface area contributed by atoms with E-state index in [1.165, 1.54) is 22.7 Å². The number of aromatic amines is 1. The van der Waals surface area contributed by atoms with Crippen molar-refractivity contribution in [2.45, 2.75) is 6.54 Å². The van der Waals surface area contributed by atoms with Crippen molar-refractivity contribution in [1.82, 2.24) is 24.8 Å². The second-order valence-electron chi connectivity index (χ2n) is 5.47. The number of amides is 1. The number of fused-ring (bicyclic) bond motifs is 1. The van der Waals surface area contributed by atoms with E-state index >= 15 is 0 Å². The molecule has 2 N–H and O–H groups in total. The number of hydrogen-bond acceptors (Lipinski definition) is 6. The molecule has 0 unspecified atom stereocenters. The Kier molecular flexibility index (Phi) is 4.53. The summed E-state index contributed by atoms with van der Waals surface area (Å²) in [4.78, 5) is 14.0. The molecule has 1 amide bonds. The van der Waals surface area contributed by atoms with Crippen molar-refractivity contribution in [2.24, 2.45) is 12.1 Å². The lowest BCUT2D eigenvalue weighted by molar-refractivity contribution is -0.121. The molecule has 4 aromatic rings. The minimum Gasteiger partial charge on any atom is -0.318 e. The van der Waals surface area contributed by atoms with Crippen molar-refractivity contribution in [3.63, 3.8) is 0 Å². The summed E-state index contributed by atoms with van der Waals surface area (Å²) in [7, 11) is 1.92. The summed E-state index contributed by atoms with van der Waals surface area (Å²) >= 11 is 8.30. The Balaban J connectivity index is 1.57. The Morgan fingerprint density at radius 2 is 2.19 bits per heavy atom. The van der Waals surface area contributed by atoms with Gasteiger partial charge in [0.25, 0.3) is 5.91 Å². The smallest absolute Gasteiger partial charge is 0.260 e. The molecule has 0 aliphatic rings. The molecule has 0 spiro atoms. The molecule has 0 atom stereocenters. The zero-order valence-electron chi connectivity index (χ0n) is 13.7. The molecule has 132 valence electrons. The number of H-pyrrole nitrogens is 1. The van der Waals surface area contributed by atoms with Crippen LogP contribution in [0.4, 0.5) is 0 Å². The molecule has 0 aliphatic heterocycles. The van der Waals surface area contributed by atoms with Crippen molar-refractivity contribution in [3.05, 3.63) is 51.4 Å². The summed E-state index contributed by atoms with van der Waals surface area (Å²) in [5.41, 5.74) is 3.68. The lowest BCUT2D eigenvalue weighted by Crippen LogP contribution is -2.27. The number of carbonyl (C=O) groups is 1. The van der Waals surface area contributed by atoms with Gasteiger partial charge in [0.1, 0.15) is 6.54 Å². The van der Waals surface area contributed by atoms with Crippen molar-refractivity contribution in [2.75, 3.05) is 0 Å². The van der Waals surface area contributed by atoms with Gasteiger partial charge in [-0.15, -0.1) is 16.4 Å². The topological polar surface area (TPSA) is 80.0 Å². The van der Waals surface area contributed by atoms with Gasteiger partial charge in [0, 0.05) is 7.05 Å². The van der Waals surface area contributed by atoms with Crippen LogP contribution in [0.2, 0.25) is 0 Å². The van der Waals surface area contributed by atoms with Crippen molar-refractivity contribution in [3.8, 4) is 10.7 Å². The van der Waals surface area contributed by atoms with Gasteiger partial charge in [-0.3, -0.25) is 14.5 Å². The average Bonchev–Trinajstić information content (AvgIpc) is 3.35. The van der Waals surface area contributed by atoms with Gasteiger partial charge in [-0.05, 0) is 35.8 Å². The number of nitrogens with one attached hydrogen (secondary N) is 2. The summed E-state index contributed by atoms with van der Waals surface area (Å²) in [5, 5.41) is 13.2. The fourth-order valence-corrected chi connectivity index (χ4v) is 4.43. The van der Waals surface area contributed by atoms with Crippen molar-refractivity contribution in [1.29, 1.82) is 0 Å². The van der Waals surface area contributed by atoms with Crippen LogP contribution in [-0.2, 0) is 18.4 Å². The van der Waals surface area contributed by atoms with E-state index in [2.05, 4.69) is 20.7 Å². The van der Waals surface area contributed by atoms with Crippen LogP contribution >= 0.6 is 34.9 Å². The second kappa shape index (κ2) is 6.98. The Hall–Kier alpha value is -2.56. The molecule has 0 bridgehead atoms. The third kappa shape index (κ3) is 3.14. The summed E-state index contributed by atoms with van der Waals surface area (Å²) in [6, 6.07) is 11.9. The molecule has 3 aromatic heterocycles. The molecule has 1 aromatic carbocycles. The predicted octanol–water partition coefficient (Wildman–Crippen LogP) is 2.85. The molecular formula is C16H14N6OS3. The van der Waals surface area contributed by atoms with Crippen molar-refractivity contribution >= 4 is 51.0 Å². The summed E-state index contributed by atoms with van der Waals surface area (Å²) in [6.45, 7) is 0.0423. The zero-order chi connectivity index (χ0) is 18.1. The molecule has 0 aliphatic carbocycles. The Labute approximate surface area is 161 Å². The first-order chi connectivity index (χ1) is 12.6. The highest BCUT2D eigenvalue weighted by atomic mass is 32.1. The van der Waals surface area contributed by atoms with Crippen molar-refractivity contribution < 1.29 is 4.79 Å². The SMILES string of the molecule is Cn1/c(=N/NC(=O)Cn2c(-c3cccs3)n[nH]c2=S)sc2ccccc21. The van der Waals surface area contributed by atoms with Crippen LogP contribution in [0.5, 0.6) is 0 Å².